The van der Waals surface area contributed by atoms with Gasteiger partial charge in [-0.05, 0) is 36.7 Å². The van der Waals surface area contributed by atoms with Crippen molar-refractivity contribution in [2.45, 2.75) is 32.9 Å². The zero-order valence-electron chi connectivity index (χ0n) is 9.79. The Hall–Kier alpha value is -0.810. The van der Waals surface area contributed by atoms with Crippen LogP contribution in [0.2, 0.25) is 0 Å². The van der Waals surface area contributed by atoms with Crippen LogP contribution >= 0.6 is 15.9 Å². The molecule has 0 saturated carbocycles. The average molecular weight is 289 g/mol. The van der Waals surface area contributed by atoms with Gasteiger partial charge in [-0.3, -0.25) is 4.79 Å². The number of hydrogen-bond acceptors (Lipinski definition) is 3. The Labute approximate surface area is 104 Å². The molecule has 0 aromatic carbocycles. The Balaban J connectivity index is 2.66. The van der Waals surface area contributed by atoms with Gasteiger partial charge in [0.05, 0.1) is 22.4 Å². The highest BCUT2D eigenvalue weighted by atomic mass is 79.9. The van der Waals surface area contributed by atoms with E-state index in [2.05, 4.69) is 15.9 Å². The van der Waals surface area contributed by atoms with Crippen LogP contribution in [0, 0.1) is 0 Å². The number of nitrogen functional groups attached to an aromatic ring is 1. The molecule has 0 unspecified atom stereocenters. The number of anilines is 1. The maximum atomic E-state index is 11.3. The summed E-state index contributed by atoms with van der Waals surface area (Å²) in [6.45, 7) is 7.26. The molecule has 0 saturated heterocycles. The molecular weight excluding hydrogens is 272 g/mol. The number of halogens is 1. The Morgan fingerprint density at radius 2 is 2.06 bits per heavy atom. The fourth-order valence-corrected chi connectivity index (χ4v) is 1.69. The molecule has 0 aliphatic carbocycles. The van der Waals surface area contributed by atoms with Crippen molar-refractivity contribution in [3.8, 4) is 0 Å². The molecule has 1 rings (SSSR count). The number of ether oxygens (including phenoxy) is 1. The quantitative estimate of drug-likeness (QED) is 0.926. The Kier molecular flexibility index (Phi) is 4.15. The summed E-state index contributed by atoms with van der Waals surface area (Å²) in [6.07, 6.45) is 3.34. The van der Waals surface area contributed by atoms with Gasteiger partial charge in [-0.2, -0.15) is 0 Å². The van der Waals surface area contributed by atoms with Gasteiger partial charge in [0, 0.05) is 18.9 Å². The monoisotopic (exact) mass is 288 g/mol. The van der Waals surface area contributed by atoms with E-state index in [-0.39, 0.29) is 16.7 Å². The molecule has 0 bridgehead atoms. The van der Waals surface area contributed by atoms with Gasteiger partial charge in [0.25, 0.3) is 0 Å². The summed E-state index contributed by atoms with van der Waals surface area (Å²) in [4.78, 5) is 11.3. The summed E-state index contributed by atoms with van der Waals surface area (Å²) in [5.41, 5.74) is 5.49. The van der Waals surface area contributed by atoms with Gasteiger partial charge in [-0.1, -0.05) is 0 Å². The highest BCUT2D eigenvalue weighted by Crippen LogP contribution is 2.09. The van der Waals surface area contributed by atoms with Gasteiger partial charge in [-0.25, -0.2) is 0 Å². The molecule has 90 valence electrons. The second-order valence-electron chi connectivity index (χ2n) is 4.59. The highest BCUT2D eigenvalue weighted by Gasteiger charge is 2.09. The first kappa shape index (κ1) is 13.3. The number of rotatable bonds is 3. The van der Waals surface area contributed by atoms with Crippen molar-refractivity contribution >= 4 is 21.6 Å². The maximum absolute atomic E-state index is 11.3. The third-order valence-electron chi connectivity index (χ3n) is 1.95. The van der Waals surface area contributed by atoms with Gasteiger partial charge in [0.2, 0.25) is 5.43 Å². The lowest BCUT2D eigenvalue weighted by molar-refractivity contribution is -0.00686. The van der Waals surface area contributed by atoms with Crippen LogP contribution in [0.1, 0.15) is 20.8 Å². The van der Waals surface area contributed by atoms with Crippen molar-refractivity contribution in [3.05, 3.63) is 27.1 Å². The zero-order chi connectivity index (χ0) is 12.3. The van der Waals surface area contributed by atoms with Crippen LogP contribution in [-0.4, -0.2) is 16.8 Å². The van der Waals surface area contributed by atoms with E-state index in [1.165, 1.54) is 0 Å². The number of nitrogens with zero attached hydrogens (tertiary/aromatic N) is 1. The molecule has 5 heteroatoms. The molecule has 0 amide bonds. The Morgan fingerprint density at radius 1 is 1.44 bits per heavy atom. The topological polar surface area (TPSA) is 57.2 Å². The van der Waals surface area contributed by atoms with E-state index >= 15 is 0 Å². The van der Waals surface area contributed by atoms with Crippen molar-refractivity contribution in [2.75, 3.05) is 12.3 Å². The Bertz CT molecular complexity index is 395. The fraction of sp³-hybridized carbons (Fsp3) is 0.545. The molecule has 4 nitrogen and oxygen atoms in total. The van der Waals surface area contributed by atoms with E-state index in [0.717, 1.165) is 0 Å². The van der Waals surface area contributed by atoms with E-state index in [9.17, 15) is 4.79 Å². The van der Waals surface area contributed by atoms with Crippen molar-refractivity contribution < 1.29 is 4.74 Å². The standard InChI is InChI=1S/C11H17BrN2O2/c1-11(2,3)16-5-4-14-6-8(12)10(15)9(13)7-14/h6-7H,4-5,13H2,1-3H3. The summed E-state index contributed by atoms with van der Waals surface area (Å²) in [7, 11) is 0. The number of nitrogens with two attached hydrogens (primary N) is 1. The molecule has 0 radical (unpaired) electrons. The SMILES string of the molecule is CC(C)(C)OCCn1cc(N)c(=O)c(Br)c1. The molecule has 1 heterocycles. The predicted molar refractivity (Wildman–Crippen MR) is 68.5 cm³/mol. The second kappa shape index (κ2) is 5.01. The first-order chi connectivity index (χ1) is 7.29. The minimum absolute atomic E-state index is 0.151. The highest BCUT2D eigenvalue weighted by molar-refractivity contribution is 9.10. The number of pyridine rings is 1. The summed E-state index contributed by atoms with van der Waals surface area (Å²) < 4.78 is 7.90. The van der Waals surface area contributed by atoms with E-state index in [1.54, 1.807) is 12.4 Å². The third-order valence-corrected chi connectivity index (χ3v) is 2.51. The van der Waals surface area contributed by atoms with Crippen LogP contribution in [-0.2, 0) is 11.3 Å². The lowest BCUT2D eigenvalue weighted by Gasteiger charge is -2.20. The smallest absolute Gasteiger partial charge is 0.218 e. The molecule has 0 aliphatic heterocycles. The van der Waals surface area contributed by atoms with Gasteiger partial charge in [0.1, 0.15) is 0 Å². The fourth-order valence-electron chi connectivity index (χ4n) is 1.20. The first-order valence-electron chi connectivity index (χ1n) is 5.08. The normalized spacial score (nSPS) is 11.8. The molecular formula is C11H17BrN2O2. The largest absolute Gasteiger partial charge is 0.394 e. The van der Waals surface area contributed by atoms with Gasteiger partial charge in [-0.15, -0.1) is 0 Å². The molecule has 0 fully saturated rings. The second-order valence-corrected chi connectivity index (χ2v) is 5.44. The zero-order valence-corrected chi connectivity index (χ0v) is 11.4. The minimum Gasteiger partial charge on any atom is -0.394 e. The third kappa shape index (κ3) is 3.98. The summed E-state index contributed by atoms with van der Waals surface area (Å²) in [6, 6.07) is 0. The first-order valence-corrected chi connectivity index (χ1v) is 5.88. The van der Waals surface area contributed by atoms with Crippen molar-refractivity contribution in [1.82, 2.24) is 4.57 Å². The van der Waals surface area contributed by atoms with E-state index in [0.29, 0.717) is 17.6 Å². The summed E-state index contributed by atoms with van der Waals surface area (Å²) in [5.74, 6) is 0. The molecule has 1 aromatic heterocycles. The Morgan fingerprint density at radius 3 is 2.56 bits per heavy atom. The molecule has 2 N–H and O–H groups in total. The van der Waals surface area contributed by atoms with Crippen molar-refractivity contribution in [1.29, 1.82) is 0 Å². The molecule has 0 atom stereocenters. The molecule has 1 aromatic rings. The van der Waals surface area contributed by atoms with Crippen LogP contribution in [0.5, 0.6) is 0 Å². The molecule has 0 aliphatic rings. The summed E-state index contributed by atoms with van der Waals surface area (Å²) in [5, 5.41) is 0. The van der Waals surface area contributed by atoms with Crippen LogP contribution in [0.3, 0.4) is 0 Å². The van der Waals surface area contributed by atoms with Crippen LogP contribution in [0.15, 0.2) is 21.7 Å². The van der Waals surface area contributed by atoms with Crippen LogP contribution in [0.4, 0.5) is 5.69 Å². The van der Waals surface area contributed by atoms with E-state index in [4.69, 9.17) is 10.5 Å². The van der Waals surface area contributed by atoms with E-state index < -0.39 is 0 Å². The lowest BCUT2D eigenvalue weighted by Crippen LogP contribution is -2.22. The van der Waals surface area contributed by atoms with Gasteiger partial charge in [0.15, 0.2) is 0 Å². The number of hydrogen-bond donors (Lipinski definition) is 1. The van der Waals surface area contributed by atoms with Crippen LogP contribution < -0.4 is 11.2 Å². The van der Waals surface area contributed by atoms with Crippen LogP contribution in [0.25, 0.3) is 0 Å². The van der Waals surface area contributed by atoms with E-state index in [1.807, 2.05) is 25.3 Å². The minimum atomic E-state index is -0.173. The molecule has 0 spiro atoms. The average Bonchev–Trinajstić information content (AvgIpc) is 2.12. The van der Waals surface area contributed by atoms with Crippen molar-refractivity contribution in [2.24, 2.45) is 0 Å². The predicted octanol–water partition coefficient (Wildman–Crippen LogP) is 2.01. The number of aromatic nitrogens is 1. The maximum Gasteiger partial charge on any atom is 0.218 e. The lowest BCUT2D eigenvalue weighted by atomic mass is 10.2. The van der Waals surface area contributed by atoms with Gasteiger partial charge < -0.3 is 15.0 Å². The van der Waals surface area contributed by atoms with Gasteiger partial charge >= 0.3 is 0 Å². The summed E-state index contributed by atoms with van der Waals surface area (Å²) >= 11 is 3.17. The molecule has 16 heavy (non-hydrogen) atoms. The van der Waals surface area contributed by atoms with Crippen molar-refractivity contribution in [3.63, 3.8) is 0 Å².